The van der Waals surface area contributed by atoms with E-state index in [1.54, 1.807) is 25.2 Å². The van der Waals surface area contributed by atoms with Gasteiger partial charge in [-0.1, -0.05) is 12.1 Å². The second-order valence-electron chi connectivity index (χ2n) is 7.49. The molecule has 1 fully saturated rings. The van der Waals surface area contributed by atoms with Crippen molar-refractivity contribution in [3.8, 4) is 5.69 Å². The molecule has 1 aromatic heterocycles. The molecule has 0 saturated carbocycles. The standard InChI is InChI=1S/C21H21N5O3/c1-12-23-16-8-7-13(19(28)29)9-17(16)26(12)15-6-4-5-14(10-15)21(2)11-18(27)25(3)20(22)24-21/h4-10H,11H2,1-3H3,(H2,22,24)(H,28,29)/t21-/m0/s1. The van der Waals surface area contributed by atoms with Crippen molar-refractivity contribution in [1.29, 1.82) is 5.41 Å². The molecule has 0 spiro atoms. The fourth-order valence-corrected chi connectivity index (χ4v) is 3.75. The smallest absolute Gasteiger partial charge is 0.335 e. The van der Waals surface area contributed by atoms with Gasteiger partial charge in [-0.2, -0.15) is 0 Å². The molecule has 0 unspecified atom stereocenters. The van der Waals surface area contributed by atoms with Crippen LogP contribution in [0.3, 0.4) is 0 Å². The summed E-state index contributed by atoms with van der Waals surface area (Å²) < 4.78 is 1.90. The molecule has 1 aliphatic rings. The Morgan fingerprint density at radius 2 is 2.03 bits per heavy atom. The molecular formula is C21H21N5O3. The molecule has 8 heteroatoms. The molecule has 1 atom stereocenters. The van der Waals surface area contributed by atoms with Crippen LogP contribution in [-0.2, 0) is 10.3 Å². The minimum Gasteiger partial charge on any atom is -0.478 e. The molecule has 0 radical (unpaired) electrons. The van der Waals surface area contributed by atoms with Gasteiger partial charge in [0.1, 0.15) is 5.82 Å². The Morgan fingerprint density at radius 3 is 2.72 bits per heavy atom. The highest BCUT2D eigenvalue weighted by molar-refractivity contribution is 5.99. The van der Waals surface area contributed by atoms with Crippen molar-refractivity contribution < 1.29 is 14.7 Å². The van der Waals surface area contributed by atoms with Gasteiger partial charge >= 0.3 is 5.97 Å². The summed E-state index contributed by atoms with van der Waals surface area (Å²) in [5.41, 5.74) is 2.55. The first-order valence-corrected chi connectivity index (χ1v) is 9.16. The topological polar surface area (TPSA) is 111 Å². The largest absolute Gasteiger partial charge is 0.478 e. The predicted octanol–water partition coefficient (Wildman–Crippen LogP) is 2.63. The highest BCUT2D eigenvalue weighted by Gasteiger charge is 2.38. The van der Waals surface area contributed by atoms with Gasteiger partial charge in [0.25, 0.3) is 0 Å². The second-order valence-corrected chi connectivity index (χ2v) is 7.49. The molecule has 2 heterocycles. The fraction of sp³-hybridized carbons (Fsp3) is 0.238. The number of nitrogens with one attached hydrogen (secondary N) is 2. The Bertz CT molecular complexity index is 1160. The van der Waals surface area contributed by atoms with Gasteiger partial charge in [-0.05, 0) is 49.7 Å². The maximum absolute atomic E-state index is 12.3. The Labute approximate surface area is 167 Å². The van der Waals surface area contributed by atoms with Gasteiger partial charge in [0.2, 0.25) is 5.91 Å². The summed E-state index contributed by atoms with van der Waals surface area (Å²) in [7, 11) is 1.58. The molecule has 4 rings (SSSR count). The lowest BCUT2D eigenvalue weighted by Crippen LogP contribution is -2.58. The number of carbonyl (C=O) groups is 2. The Kier molecular flexibility index (Phi) is 4.15. The zero-order valence-electron chi connectivity index (χ0n) is 16.4. The SMILES string of the molecule is Cc1nc2ccc(C(=O)O)cc2n1-c1cccc([C@]2(C)CC(=O)N(C)C(=N)N2)c1. The molecule has 1 aliphatic heterocycles. The number of hydrogen-bond acceptors (Lipinski definition) is 4. The van der Waals surface area contributed by atoms with Crippen molar-refractivity contribution in [2.45, 2.75) is 25.8 Å². The van der Waals surface area contributed by atoms with Crippen LogP contribution in [0.25, 0.3) is 16.7 Å². The minimum atomic E-state index is -0.994. The Morgan fingerprint density at radius 1 is 1.28 bits per heavy atom. The quantitative estimate of drug-likeness (QED) is 0.636. The van der Waals surface area contributed by atoms with E-state index in [-0.39, 0.29) is 23.9 Å². The van der Waals surface area contributed by atoms with Gasteiger partial charge in [-0.25, -0.2) is 9.78 Å². The van der Waals surface area contributed by atoms with Crippen LogP contribution in [-0.4, -0.2) is 44.4 Å². The third-order valence-corrected chi connectivity index (χ3v) is 5.42. The predicted molar refractivity (Wildman–Crippen MR) is 108 cm³/mol. The summed E-state index contributed by atoms with van der Waals surface area (Å²) in [6, 6.07) is 12.5. The van der Waals surface area contributed by atoms with E-state index in [0.717, 1.165) is 17.1 Å². The van der Waals surface area contributed by atoms with Gasteiger partial charge in [0.15, 0.2) is 5.96 Å². The van der Waals surface area contributed by atoms with Crippen LogP contribution in [0.2, 0.25) is 0 Å². The van der Waals surface area contributed by atoms with Crippen LogP contribution in [0.1, 0.15) is 35.1 Å². The van der Waals surface area contributed by atoms with Crippen molar-refractivity contribution in [3.05, 3.63) is 59.4 Å². The lowest BCUT2D eigenvalue weighted by Gasteiger charge is -2.39. The maximum atomic E-state index is 12.3. The molecule has 3 N–H and O–H groups in total. The first-order valence-electron chi connectivity index (χ1n) is 9.16. The summed E-state index contributed by atoms with van der Waals surface area (Å²) in [5, 5.41) is 20.5. The van der Waals surface area contributed by atoms with E-state index in [1.807, 2.05) is 42.7 Å². The summed E-state index contributed by atoms with van der Waals surface area (Å²) >= 11 is 0. The van der Waals surface area contributed by atoms with Gasteiger partial charge in [-0.15, -0.1) is 0 Å². The van der Waals surface area contributed by atoms with Crippen LogP contribution < -0.4 is 5.32 Å². The molecule has 1 amide bonds. The van der Waals surface area contributed by atoms with E-state index < -0.39 is 11.5 Å². The average molecular weight is 391 g/mol. The molecule has 0 bridgehead atoms. The van der Waals surface area contributed by atoms with Crippen LogP contribution in [0, 0.1) is 12.3 Å². The number of carboxylic acids is 1. The summed E-state index contributed by atoms with van der Waals surface area (Å²) in [6.07, 6.45) is 0.224. The van der Waals surface area contributed by atoms with E-state index in [0.29, 0.717) is 11.0 Å². The van der Waals surface area contributed by atoms with Crippen LogP contribution in [0.5, 0.6) is 0 Å². The van der Waals surface area contributed by atoms with E-state index in [9.17, 15) is 14.7 Å². The maximum Gasteiger partial charge on any atom is 0.335 e. The first kappa shape index (κ1) is 18.7. The van der Waals surface area contributed by atoms with E-state index in [4.69, 9.17) is 5.41 Å². The number of carbonyl (C=O) groups excluding carboxylic acids is 1. The van der Waals surface area contributed by atoms with Crippen molar-refractivity contribution in [3.63, 3.8) is 0 Å². The normalized spacial score (nSPS) is 19.5. The second kappa shape index (κ2) is 6.44. The molecule has 0 aliphatic carbocycles. The third-order valence-electron chi connectivity index (χ3n) is 5.42. The van der Waals surface area contributed by atoms with Crippen molar-refractivity contribution in [1.82, 2.24) is 19.8 Å². The first-order chi connectivity index (χ1) is 13.7. The summed E-state index contributed by atoms with van der Waals surface area (Å²) in [6.45, 7) is 3.76. The highest BCUT2D eigenvalue weighted by atomic mass is 16.4. The highest BCUT2D eigenvalue weighted by Crippen LogP contribution is 2.31. The van der Waals surface area contributed by atoms with Gasteiger partial charge in [0, 0.05) is 12.7 Å². The monoisotopic (exact) mass is 391 g/mol. The van der Waals surface area contributed by atoms with E-state index in [1.165, 1.54) is 4.90 Å². The Hall–Kier alpha value is -3.68. The van der Waals surface area contributed by atoms with Crippen molar-refractivity contribution >= 4 is 28.9 Å². The number of benzene rings is 2. The van der Waals surface area contributed by atoms with Crippen molar-refractivity contribution in [2.24, 2.45) is 0 Å². The average Bonchev–Trinajstić information content (AvgIpc) is 3.01. The zero-order chi connectivity index (χ0) is 20.9. The summed E-state index contributed by atoms with van der Waals surface area (Å²) in [4.78, 5) is 29.5. The molecule has 148 valence electrons. The molecule has 29 heavy (non-hydrogen) atoms. The molecule has 1 saturated heterocycles. The fourth-order valence-electron chi connectivity index (χ4n) is 3.75. The van der Waals surface area contributed by atoms with Crippen LogP contribution >= 0.6 is 0 Å². The van der Waals surface area contributed by atoms with E-state index >= 15 is 0 Å². The number of aryl methyl sites for hydroxylation is 1. The lowest BCUT2D eigenvalue weighted by molar-refractivity contribution is -0.129. The number of aromatic carboxylic acids is 1. The molecule has 8 nitrogen and oxygen atoms in total. The summed E-state index contributed by atoms with van der Waals surface area (Å²) in [5.74, 6) is -0.336. The van der Waals surface area contributed by atoms with Crippen LogP contribution in [0.4, 0.5) is 0 Å². The third kappa shape index (κ3) is 3.02. The zero-order valence-corrected chi connectivity index (χ0v) is 16.4. The van der Waals surface area contributed by atoms with Gasteiger partial charge < -0.3 is 10.4 Å². The number of amides is 1. The minimum absolute atomic E-state index is 0.0597. The number of rotatable bonds is 3. The number of fused-ring (bicyclic) bond motifs is 1. The number of carboxylic acid groups (broad SMARTS) is 1. The van der Waals surface area contributed by atoms with Crippen molar-refractivity contribution in [2.75, 3.05) is 7.05 Å². The number of guanidine groups is 1. The van der Waals surface area contributed by atoms with Gasteiger partial charge in [0.05, 0.1) is 28.6 Å². The molecule has 3 aromatic rings. The number of hydrogen-bond donors (Lipinski definition) is 3. The lowest BCUT2D eigenvalue weighted by atomic mass is 9.86. The van der Waals surface area contributed by atoms with Crippen LogP contribution in [0.15, 0.2) is 42.5 Å². The number of nitrogens with zero attached hydrogens (tertiary/aromatic N) is 3. The molecular weight excluding hydrogens is 370 g/mol. The van der Waals surface area contributed by atoms with E-state index in [2.05, 4.69) is 10.3 Å². The number of aromatic nitrogens is 2. The Balaban J connectivity index is 1.83. The number of imidazole rings is 1. The van der Waals surface area contributed by atoms with Gasteiger partial charge in [-0.3, -0.25) is 19.7 Å². The molecule has 2 aromatic carbocycles.